The highest BCUT2D eigenvalue weighted by molar-refractivity contribution is 5.97. The van der Waals surface area contributed by atoms with Crippen molar-refractivity contribution in [1.82, 2.24) is 10.3 Å². The Morgan fingerprint density at radius 2 is 1.84 bits per heavy atom. The largest absolute Gasteiger partial charge is 0.345 e. The summed E-state index contributed by atoms with van der Waals surface area (Å²) in [5, 5.41) is 3.21. The van der Waals surface area contributed by atoms with Crippen molar-refractivity contribution < 1.29 is 9.18 Å². The number of aromatic nitrogens is 1. The molecule has 2 N–H and O–H groups in total. The van der Waals surface area contributed by atoms with Gasteiger partial charge in [-0.25, -0.2) is 4.39 Å². The lowest BCUT2D eigenvalue weighted by molar-refractivity contribution is 0.0899. The van der Waals surface area contributed by atoms with Crippen LogP contribution in [0.2, 0.25) is 0 Å². The average Bonchev–Trinajstić information content (AvgIpc) is 2.72. The smallest absolute Gasteiger partial charge is 0.253 e. The number of carbonyl (C=O) groups excluding carboxylic acids is 1. The Bertz CT molecular complexity index is 1200. The Morgan fingerprint density at radius 3 is 2.47 bits per heavy atom. The first-order valence-electron chi connectivity index (χ1n) is 11.3. The van der Waals surface area contributed by atoms with Crippen LogP contribution in [-0.4, -0.2) is 10.9 Å². The molecule has 1 fully saturated rings. The first-order chi connectivity index (χ1) is 15.4. The predicted octanol–water partition coefficient (Wildman–Crippen LogP) is 5.63. The van der Waals surface area contributed by atoms with Gasteiger partial charge < -0.3 is 10.3 Å². The third kappa shape index (κ3) is 3.99. The summed E-state index contributed by atoms with van der Waals surface area (Å²) < 4.78 is 15.1. The van der Waals surface area contributed by atoms with E-state index in [-0.39, 0.29) is 29.2 Å². The summed E-state index contributed by atoms with van der Waals surface area (Å²) in [4.78, 5) is 28.6. The molecule has 1 aliphatic carbocycles. The molecule has 1 aromatic heterocycles. The number of H-pyrrole nitrogens is 1. The number of hydrogen-bond donors (Lipinski definition) is 2. The van der Waals surface area contributed by atoms with E-state index in [1.807, 2.05) is 50.2 Å². The van der Waals surface area contributed by atoms with Gasteiger partial charge in [-0.1, -0.05) is 55.8 Å². The average molecular weight is 433 g/mol. The zero-order chi connectivity index (χ0) is 22.8. The van der Waals surface area contributed by atoms with Crippen molar-refractivity contribution in [3.8, 4) is 11.1 Å². The van der Waals surface area contributed by atoms with Crippen molar-refractivity contribution in [3.05, 3.63) is 92.6 Å². The minimum Gasteiger partial charge on any atom is -0.345 e. The first kappa shape index (κ1) is 22.0. The highest BCUT2D eigenvalue weighted by atomic mass is 19.1. The molecular weight excluding hydrogens is 403 g/mol. The summed E-state index contributed by atoms with van der Waals surface area (Å²) in [5.41, 5.74) is 4.37. The van der Waals surface area contributed by atoms with E-state index in [0.717, 1.165) is 30.4 Å². The maximum Gasteiger partial charge on any atom is 0.253 e. The van der Waals surface area contributed by atoms with Crippen molar-refractivity contribution in [2.24, 2.45) is 5.92 Å². The van der Waals surface area contributed by atoms with Crippen LogP contribution in [0.3, 0.4) is 0 Å². The van der Waals surface area contributed by atoms with Crippen molar-refractivity contribution in [2.45, 2.75) is 52.5 Å². The zero-order valence-corrected chi connectivity index (χ0v) is 18.8. The molecule has 1 aliphatic rings. The van der Waals surface area contributed by atoms with E-state index >= 15 is 4.39 Å². The monoisotopic (exact) mass is 432 g/mol. The maximum absolute atomic E-state index is 15.1. The molecule has 0 aliphatic heterocycles. The predicted molar refractivity (Wildman–Crippen MR) is 125 cm³/mol. The van der Waals surface area contributed by atoms with E-state index in [0.29, 0.717) is 34.4 Å². The summed E-state index contributed by atoms with van der Waals surface area (Å²) in [5.74, 6) is -0.278. The Kier molecular flexibility index (Phi) is 6.26. The van der Waals surface area contributed by atoms with Gasteiger partial charge >= 0.3 is 0 Å². The lowest BCUT2D eigenvalue weighted by Crippen LogP contribution is -2.38. The van der Waals surface area contributed by atoms with Crippen LogP contribution in [0.1, 0.15) is 65.0 Å². The van der Waals surface area contributed by atoms with Gasteiger partial charge in [0.25, 0.3) is 11.5 Å². The minimum absolute atomic E-state index is 0.147. The molecule has 0 bridgehead atoms. The molecule has 1 heterocycles. The molecule has 166 valence electrons. The maximum atomic E-state index is 15.1. The lowest BCUT2D eigenvalue weighted by atomic mass is 9.75. The number of amides is 1. The molecule has 1 amide bonds. The fourth-order valence-corrected chi connectivity index (χ4v) is 4.82. The minimum atomic E-state index is -0.307. The van der Waals surface area contributed by atoms with E-state index in [1.165, 1.54) is 6.07 Å². The van der Waals surface area contributed by atoms with E-state index in [1.54, 1.807) is 13.0 Å². The number of hydrogen-bond acceptors (Lipinski definition) is 2. The van der Waals surface area contributed by atoms with Gasteiger partial charge in [0, 0.05) is 16.8 Å². The number of pyridine rings is 1. The second-order valence-corrected chi connectivity index (χ2v) is 8.62. The number of benzene rings is 2. The van der Waals surface area contributed by atoms with Crippen molar-refractivity contribution in [3.63, 3.8) is 0 Å². The molecule has 0 radical (unpaired) electrons. The Balaban J connectivity index is 1.78. The molecule has 3 aromatic rings. The molecule has 32 heavy (non-hydrogen) atoms. The Morgan fingerprint density at radius 1 is 1.12 bits per heavy atom. The van der Waals surface area contributed by atoms with Crippen LogP contribution >= 0.6 is 0 Å². The second-order valence-electron chi connectivity index (χ2n) is 8.62. The normalized spacial score (nSPS) is 14.6. The number of carbonyl (C=O) groups is 1. The van der Waals surface area contributed by atoms with E-state index in [9.17, 15) is 9.59 Å². The molecule has 4 rings (SSSR count). The number of rotatable bonds is 6. The summed E-state index contributed by atoms with van der Waals surface area (Å²) in [6.07, 6.45) is 3.62. The Labute approximate surface area is 187 Å². The molecule has 1 saturated carbocycles. The summed E-state index contributed by atoms with van der Waals surface area (Å²) in [7, 11) is 0. The number of aromatic amines is 1. The molecule has 2 aromatic carbocycles. The van der Waals surface area contributed by atoms with Crippen LogP contribution in [0, 0.1) is 25.6 Å². The number of aryl methyl sites for hydroxylation is 1. The standard InChI is InChI=1S/C27H29FN2O2/c1-4-20-16(2)23(17(3)29-26(20)31)27(32)30-25(19-12-8-13-19)21-14-9-15-22(28)24(21)18-10-6-5-7-11-18/h5-7,9-11,14-15,19,25H,4,8,12-13H2,1-3H3,(H,29,31)(H,30,32)/t25-/m0/s1. The van der Waals surface area contributed by atoms with Gasteiger partial charge in [-0.05, 0) is 61.8 Å². The fourth-order valence-electron chi connectivity index (χ4n) is 4.82. The van der Waals surface area contributed by atoms with Crippen LogP contribution in [0.4, 0.5) is 4.39 Å². The van der Waals surface area contributed by atoms with E-state index < -0.39 is 0 Å². The lowest BCUT2D eigenvalue weighted by Gasteiger charge is -2.36. The quantitative estimate of drug-likeness (QED) is 0.530. The highest BCUT2D eigenvalue weighted by Crippen LogP contribution is 2.42. The van der Waals surface area contributed by atoms with Crippen LogP contribution in [0.15, 0.2) is 53.3 Å². The van der Waals surface area contributed by atoms with Gasteiger partial charge in [-0.2, -0.15) is 0 Å². The third-order valence-electron chi connectivity index (χ3n) is 6.71. The van der Waals surface area contributed by atoms with Gasteiger partial charge in [0.15, 0.2) is 0 Å². The number of halogens is 1. The van der Waals surface area contributed by atoms with Crippen molar-refractivity contribution >= 4 is 5.91 Å². The van der Waals surface area contributed by atoms with Gasteiger partial charge in [-0.15, -0.1) is 0 Å². The van der Waals surface area contributed by atoms with Crippen LogP contribution in [-0.2, 0) is 6.42 Å². The third-order valence-corrected chi connectivity index (χ3v) is 6.71. The SMILES string of the molecule is CCc1c(C)c(C(=O)N[C@H](c2cccc(F)c2-c2ccccc2)C2CCC2)c(C)[nH]c1=O. The molecule has 1 atom stereocenters. The molecule has 0 unspecified atom stereocenters. The second kappa shape index (κ2) is 9.11. The van der Waals surface area contributed by atoms with Crippen molar-refractivity contribution in [1.29, 1.82) is 0 Å². The van der Waals surface area contributed by atoms with Crippen LogP contribution < -0.4 is 10.9 Å². The zero-order valence-electron chi connectivity index (χ0n) is 18.8. The highest BCUT2D eigenvalue weighted by Gasteiger charge is 2.33. The summed E-state index contributed by atoms with van der Waals surface area (Å²) in [6, 6.07) is 14.3. The molecule has 0 saturated heterocycles. The fraction of sp³-hybridized carbons (Fsp3) is 0.333. The van der Waals surface area contributed by atoms with E-state index in [2.05, 4.69) is 10.3 Å². The van der Waals surface area contributed by atoms with Gasteiger partial charge in [0.1, 0.15) is 5.82 Å². The topological polar surface area (TPSA) is 62.0 Å². The first-order valence-corrected chi connectivity index (χ1v) is 11.3. The molecule has 5 heteroatoms. The Hall–Kier alpha value is -3.21. The van der Waals surface area contributed by atoms with Crippen LogP contribution in [0.25, 0.3) is 11.1 Å². The van der Waals surface area contributed by atoms with Crippen molar-refractivity contribution in [2.75, 3.05) is 0 Å². The van der Waals surface area contributed by atoms with Gasteiger partial charge in [0.05, 0.1) is 11.6 Å². The summed E-state index contributed by atoms with van der Waals surface area (Å²) >= 11 is 0. The van der Waals surface area contributed by atoms with Crippen LogP contribution in [0.5, 0.6) is 0 Å². The number of nitrogens with one attached hydrogen (secondary N) is 2. The van der Waals surface area contributed by atoms with Gasteiger partial charge in [-0.3, -0.25) is 9.59 Å². The molecule has 0 spiro atoms. The summed E-state index contributed by atoms with van der Waals surface area (Å²) in [6.45, 7) is 5.48. The molecular formula is C27H29FN2O2. The van der Waals surface area contributed by atoms with E-state index in [4.69, 9.17) is 0 Å². The van der Waals surface area contributed by atoms with Gasteiger partial charge in [0.2, 0.25) is 0 Å². The molecule has 4 nitrogen and oxygen atoms in total.